The zero-order valence-electron chi connectivity index (χ0n) is 85.5. The Balaban J connectivity index is 0.000000404. The monoisotopic (exact) mass is 2080 g/mol. The molecule has 0 unspecified atom stereocenters. The van der Waals surface area contributed by atoms with Gasteiger partial charge < -0.3 is 95.3 Å². The van der Waals surface area contributed by atoms with Crippen LogP contribution in [0.25, 0.3) is 0 Å². The van der Waals surface area contributed by atoms with Crippen molar-refractivity contribution in [2.24, 2.45) is 5.73 Å². The molecule has 8 atom stereocenters. The van der Waals surface area contributed by atoms with Crippen molar-refractivity contribution >= 4 is 94.0 Å². The van der Waals surface area contributed by atoms with E-state index < -0.39 is 41.6 Å². The first kappa shape index (κ1) is 125. The van der Waals surface area contributed by atoms with E-state index in [1.54, 1.807) is 48.5 Å². The number of aliphatic hydroxyl groups excluding tert-OH is 3. The van der Waals surface area contributed by atoms with Crippen LogP contribution in [0, 0.1) is 26.7 Å². The Morgan fingerprint density at radius 1 is 0.535 bits per heavy atom. The summed E-state index contributed by atoms with van der Waals surface area (Å²) in [6.07, 6.45) is 14.8. The number of β-amino-alcohol motifs (C(OH)–C–C–N with tert-alkyl or cyclic N) is 3. The zero-order chi connectivity index (χ0) is 98.9. The van der Waals surface area contributed by atoms with E-state index in [0.29, 0.717) is 108 Å². The van der Waals surface area contributed by atoms with E-state index in [2.05, 4.69) is 109 Å². The molecule has 6 aromatic heterocycles. The number of aromatic nitrogens is 6. The second-order valence-corrected chi connectivity index (χ2v) is 37.5. The summed E-state index contributed by atoms with van der Waals surface area (Å²) in [5.74, 6) is 5.02. The summed E-state index contributed by atoms with van der Waals surface area (Å²) in [5.41, 5.74) is 16.2. The molecule has 14 rings (SSSR count). The van der Waals surface area contributed by atoms with Gasteiger partial charge in [-0.05, 0) is 254 Å². The van der Waals surface area contributed by atoms with Crippen LogP contribution in [-0.4, -0.2) is 230 Å². The molecule has 3 amide bonds. The number of likely N-dealkylation sites (tertiary alicyclic amines) is 2. The van der Waals surface area contributed by atoms with E-state index in [1.807, 2.05) is 99.3 Å². The number of alkyl carbamates (subject to hydrolysis) is 1. The molecule has 41 heteroatoms. The summed E-state index contributed by atoms with van der Waals surface area (Å²) in [6, 6.07) is 28.7. The van der Waals surface area contributed by atoms with Gasteiger partial charge in [0, 0.05) is 176 Å². The molecule has 0 spiro atoms. The molecule has 0 aliphatic carbocycles. The van der Waals surface area contributed by atoms with Gasteiger partial charge in [0.15, 0.2) is 53.8 Å². The van der Waals surface area contributed by atoms with Gasteiger partial charge in [0.25, 0.3) is 6.47 Å². The van der Waals surface area contributed by atoms with Crippen LogP contribution in [0.15, 0.2) is 142 Å². The Bertz CT molecular complexity index is 5430. The van der Waals surface area contributed by atoms with E-state index >= 15 is 0 Å². The zero-order valence-corrected chi connectivity index (χ0v) is 93.7. The Morgan fingerprint density at radius 2 is 0.923 bits per heavy atom. The third-order valence-electron chi connectivity index (χ3n) is 24.0. The number of oxazole rings is 3. The first-order valence-electron chi connectivity index (χ1n) is 46.9. The molecule has 768 valence electrons. The minimum Gasteiger partial charge on any atom is -1.00 e. The van der Waals surface area contributed by atoms with E-state index in [4.69, 9.17) is 52.7 Å². The summed E-state index contributed by atoms with van der Waals surface area (Å²) in [5, 5.41) is 49.8. The molecule has 142 heavy (non-hydrogen) atoms. The number of carbonyl (C=O) groups is 7. The normalized spacial score (nSPS) is 16.8. The molecule has 8 N–H and O–H groups in total. The number of nitrogens with two attached hydrogens (primary N) is 1. The standard InChI is InChI=1S/C33H45N5O6.C32H41N5O5.C24H26FN3O4.C11H22N2O2.CH2O3.2K.3H2S.H/c1-22(10-13-35-32(41)44-33(3,4)5)37-31-17-25(11-14-34-31)29(40)9-7-27(39)19-38-15-12-24-16-28(8-6-26(24)18-38)42-20-30-23(2)36-21-43-30;1-21-14-27(10-13-37(21)23(3)38)35-32-16-25(8-11-33-32)30(40)7-5-28(39)18-36-12-9-24-15-29(6-4-26(24)17-36)41-19-31-22(2)34-20-42-31;1-16-23(32-15-27-16)14-31-21-4-2-19-12-28(9-7-17(19)10-21)13-20(29)3-5-22(30)18-6-8-26-24(25)11-18;1-8-7-9(12)5-6-13(8)10(14)15-11(2,3)4;2-1-4-3;;;;;;/h6,8,11,14,16-17,21-22,27,39H,7,9-10,12-13,15,18-20H2,1-5H3,(H,34,37)(H,35,41);4,6,8,11,15-16,20-21,27-28,39H,5,7,9-10,12-14,17-19H2,1-3H3,(H,33,35);2,4,6,8,10-11,15,20,29H,3,5,7,9,12-14H2,1H3;8-9H,5-7,12H2,1-4H3;1,3H;;;3*1H2;/q;;;;;2*+1;;;;-1/p-1/t22-,27+;21-,27+,28+;20-;8-,9+;;;;;;;/m1101......./s1. The minimum absolute atomic E-state index is 0. The van der Waals surface area contributed by atoms with Gasteiger partial charge in [-0.2, -0.15) is 44.9 Å². The maximum atomic E-state index is 13.2. The number of piperidine rings is 2. The van der Waals surface area contributed by atoms with Crippen LogP contribution in [0.2, 0.25) is 0 Å². The molecule has 2 fully saturated rings. The maximum Gasteiger partial charge on any atom is 1.00 e. The summed E-state index contributed by atoms with van der Waals surface area (Å²) in [4.78, 5) is 119. The number of anilines is 2. The fraction of sp³-hybridized carbons (Fsp3) is 0.515. The fourth-order valence-corrected chi connectivity index (χ4v) is 16.6. The number of ether oxygens (including phenoxy) is 5. The second-order valence-electron chi connectivity index (χ2n) is 37.5. The van der Waals surface area contributed by atoms with Gasteiger partial charge in [0.2, 0.25) is 11.9 Å². The summed E-state index contributed by atoms with van der Waals surface area (Å²) in [7, 11) is 0. The Morgan fingerprint density at radius 3 is 1.30 bits per heavy atom. The fourth-order valence-electron chi connectivity index (χ4n) is 16.6. The van der Waals surface area contributed by atoms with Crippen LogP contribution in [-0.2, 0) is 82.7 Å². The molecular weight excluding hydrogens is 1940 g/mol. The third-order valence-corrected chi connectivity index (χ3v) is 24.0. The van der Waals surface area contributed by atoms with Crippen molar-refractivity contribution in [3.05, 3.63) is 219 Å². The predicted molar refractivity (Wildman–Crippen MR) is 539 cm³/mol. The summed E-state index contributed by atoms with van der Waals surface area (Å²) in [6.45, 7) is 33.4. The molecule has 5 aliphatic heterocycles. The Hall–Kier alpha value is -7.84. The van der Waals surface area contributed by atoms with Crippen LogP contribution < -0.4 is 144 Å². The van der Waals surface area contributed by atoms with Crippen molar-refractivity contribution < 1.29 is 205 Å². The predicted octanol–water partition coefficient (Wildman–Crippen LogP) is 7.31. The number of amides is 3. The molecule has 0 radical (unpaired) electrons. The molecular formula is C101H142FK2N15O20S3. The molecule has 9 aromatic rings. The van der Waals surface area contributed by atoms with Crippen LogP contribution in [0.1, 0.15) is 240 Å². The van der Waals surface area contributed by atoms with Crippen molar-refractivity contribution in [1.29, 1.82) is 0 Å². The number of halogens is 1. The van der Waals surface area contributed by atoms with E-state index in [9.17, 15) is 48.5 Å². The average Bonchev–Trinajstić information content (AvgIpc) is 1.61. The van der Waals surface area contributed by atoms with Crippen LogP contribution in [0.3, 0.4) is 0 Å². The van der Waals surface area contributed by atoms with Gasteiger partial charge in [0.1, 0.15) is 59.9 Å². The summed E-state index contributed by atoms with van der Waals surface area (Å²) < 4.78 is 57.4. The second kappa shape index (κ2) is 62.3. The number of fused-ring (bicyclic) bond motifs is 3. The number of carbonyl (C=O) groups excluding carboxylic acids is 7. The first-order valence-corrected chi connectivity index (χ1v) is 46.9. The Kier molecular flexibility index (Phi) is 54.7. The van der Waals surface area contributed by atoms with Crippen LogP contribution in [0.5, 0.6) is 17.2 Å². The third kappa shape index (κ3) is 42.5. The number of Topliss-reactive ketones (excluding diaryl/α,β-unsaturated/α-hetero) is 3. The van der Waals surface area contributed by atoms with Gasteiger partial charge >= 0.3 is 115 Å². The maximum absolute atomic E-state index is 13.2. The molecule has 3 aromatic carbocycles. The number of aliphatic hydroxyl groups is 3. The number of benzene rings is 3. The number of ketones is 3. The SMILES string of the molecule is CC(=O)N1CC[C@H](Nc2cc(C(=O)CC[C@H](O)CN3CCc4cc(OCc5ocnc5C)ccc4C3)ccn2)C[C@H]1C.C[C@@H]1C[C@@H](N)CCN1C(=O)OC(C)(C)C.Cc1ncoc1COc1ccc2c(c1)CCN(C[C@@H](O)CCC(=O)c1ccnc(F)c1)C2.Cc1ncoc1COc1ccc2c(c1)CCN(C[C@@H](O)CCC(=O)c1ccnc(N[C@H](C)CCNC(=O)OC(C)(C)C)c1)C2.O=CO[O-].S.S.S.[H-].[K+].[K+]. The van der Waals surface area contributed by atoms with Crippen molar-refractivity contribution in [3.8, 4) is 17.2 Å². The van der Waals surface area contributed by atoms with Crippen molar-refractivity contribution in [3.63, 3.8) is 0 Å². The van der Waals surface area contributed by atoms with Crippen LogP contribution in [0.4, 0.5) is 25.6 Å². The van der Waals surface area contributed by atoms with Crippen molar-refractivity contribution in [2.75, 3.05) is 69.5 Å². The number of rotatable bonds is 35. The number of pyridine rings is 3. The van der Waals surface area contributed by atoms with Gasteiger partial charge in [-0.25, -0.2) is 39.5 Å². The molecule has 35 nitrogen and oxygen atoms in total. The van der Waals surface area contributed by atoms with Crippen molar-refractivity contribution in [1.82, 2.24) is 59.7 Å². The number of aryl methyl sites for hydroxylation is 3. The topological polar surface area (TPSA) is 454 Å². The van der Waals surface area contributed by atoms with Gasteiger partial charge in [-0.15, -0.1) is 0 Å². The quantitative estimate of drug-likeness (QED) is 0.00511. The van der Waals surface area contributed by atoms with E-state index in [-0.39, 0.29) is 236 Å². The molecule has 5 aliphatic rings. The Labute approximate surface area is 939 Å². The number of hydrogen-bond donors (Lipinski definition) is 7. The minimum atomic E-state index is -0.676. The molecule has 0 saturated carbocycles. The smallest absolute Gasteiger partial charge is 1.00 e. The van der Waals surface area contributed by atoms with Crippen LogP contribution >= 0.6 is 40.5 Å². The van der Waals surface area contributed by atoms with Gasteiger partial charge in [-0.3, -0.25) is 38.7 Å². The van der Waals surface area contributed by atoms with E-state index in [0.717, 1.165) is 142 Å². The van der Waals surface area contributed by atoms with E-state index in [1.165, 1.54) is 64.8 Å². The average molecular weight is 2080 g/mol. The first-order chi connectivity index (χ1) is 65.4. The largest absolute Gasteiger partial charge is 1.00 e. The number of hydrogen-bond acceptors (Lipinski definition) is 32. The van der Waals surface area contributed by atoms with Gasteiger partial charge in [-0.1, -0.05) is 18.2 Å². The number of nitrogens with one attached hydrogen (secondary N) is 3. The van der Waals surface area contributed by atoms with Gasteiger partial charge in [0.05, 0.1) is 35.4 Å². The molecule has 2 saturated heterocycles. The molecule has 0 bridgehead atoms. The summed E-state index contributed by atoms with van der Waals surface area (Å²) >= 11 is 0. The molecule has 11 heterocycles. The number of nitrogens with zero attached hydrogens (tertiary/aromatic N) is 11. The van der Waals surface area contributed by atoms with Crippen molar-refractivity contribution in [2.45, 2.75) is 279 Å².